The number of rotatable bonds is 37. The fraction of sp³-hybridized carbons (Fsp3) is 0.814. The molecule has 0 saturated heterocycles. The van der Waals surface area contributed by atoms with Gasteiger partial charge in [-0.2, -0.15) is 0 Å². The molecule has 0 aliphatic heterocycles. The molecule has 0 aromatic rings. The highest BCUT2D eigenvalue weighted by Crippen LogP contribution is 2.14. The first-order valence-electron chi connectivity index (χ1n) is 20.5. The van der Waals surface area contributed by atoms with E-state index in [1.807, 2.05) is 0 Å². The molecule has 0 radical (unpaired) electrons. The topological polar surface area (TPSA) is 72.8 Å². The lowest BCUT2D eigenvalue weighted by atomic mass is 10.0. The average Bonchev–Trinajstić information content (AvgIpc) is 3.09. The SMILES string of the molecule is CCCCC/C=C\C/C=C\C/C=C\CCCCCCCCC(=O)OC(CO)COC(=O)CCCCCCCCCCCCCCCCC. The van der Waals surface area contributed by atoms with Crippen LogP contribution in [0.25, 0.3) is 0 Å². The van der Waals surface area contributed by atoms with Crippen molar-refractivity contribution >= 4 is 11.9 Å². The molecule has 1 atom stereocenters. The molecule has 0 saturated carbocycles. The quantitative estimate of drug-likeness (QED) is 0.0403. The molecule has 0 aromatic carbocycles. The maximum Gasteiger partial charge on any atom is 0.306 e. The summed E-state index contributed by atoms with van der Waals surface area (Å²) in [5.41, 5.74) is 0. The van der Waals surface area contributed by atoms with Gasteiger partial charge in [-0.1, -0.05) is 179 Å². The Hall–Kier alpha value is -1.88. The normalized spacial score (nSPS) is 12.5. The predicted octanol–water partition coefficient (Wildman–Crippen LogP) is 12.8. The minimum absolute atomic E-state index is 0.0684. The van der Waals surface area contributed by atoms with E-state index >= 15 is 0 Å². The van der Waals surface area contributed by atoms with Gasteiger partial charge in [-0.25, -0.2) is 0 Å². The Kier molecular flexibility index (Phi) is 38.0. The third kappa shape index (κ3) is 36.9. The van der Waals surface area contributed by atoms with Gasteiger partial charge in [0.25, 0.3) is 0 Å². The molecule has 0 aliphatic rings. The van der Waals surface area contributed by atoms with E-state index in [4.69, 9.17) is 9.47 Å². The van der Waals surface area contributed by atoms with Crippen LogP contribution >= 0.6 is 0 Å². The fourth-order valence-electron chi connectivity index (χ4n) is 5.80. The Balaban J connectivity index is 3.57. The Bertz CT molecular complexity index is 771. The van der Waals surface area contributed by atoms with E-state index in [-0.39, 0.29) is 25.2 Å². The predicted molar refractivity (Wildman–Crippen MR) is 205 cm³/mol. The molecule has 0 aliphatic carbocycles. The monoisotopic (exact) mass is 675 g/mol. The Labute approximate surface area is 297 Å². The van der Waals surface area contributed by atoms with E-state index in [0.717, 1.165) is 57.8 Å². The molecule has 48 heavy (non-hydrogen) atoms. The van der Waals surface area contributed by atoms with Gasteiger partial charge in [-0.15, -0.1) is 0 Å². The Morgan fingerprint density at radius 2 is 0.833 bits per heavy atom. The second kappa shape index (κ2) is 39.6. The lowest BCUT2D eigenvalue weighted by Gasteiger charge is -2.15. The molecule has 280 valence electrons. The van der Waals surface area contributed by atoms with Crippen molar-refractivity contribution in [2.75, 3.05) is 13.2 Å². The zero-order chi connectivity index (χ0) is 35.0. The van der Waals surface area contributed by atoms with Crippen LogP contribution in [0.5, 0.6) is 0 Å². The van der Waals surface area contributed by atoms with Crippen molar-refractivity contribution in [2.45, 2.75) is 213 Å². The third-order valence-electron chi connectivity index (χ3n) is 8.94. The van der Waals surface area contributed by atoms with Gasteiger partial charge in [-0.3, -0.25) is 9.59 Å². The van der Waals surface area contributed by atoms with E-state index < -0.39 is 6.10 Å². The molecule has 0 aromatic heterocycles. The largest absolute Gasteiger partial charge is 0.462 e. The van der Waals surface area contributed by atoms with Crippen LogP contribution in [0.15, 0.2) is 36.5 Å². The molecule has 0 amide bonds. The number of ether oxygens (including phenoxy) is 2. The summed E-state index contributed by atoms with van der Waals surface area (Å²) < 4.78 is 10.6. The molecule has 5 heteroatoms. The molecule has 0 spiro atoms. The Morgan fingerprint density at radius 3 is 1.29 bits per heavy atom. The van der Waals surface area contributed by atoms with Gasteiger partial charge in [0, 0.05) is 12.8 Å². The summed E-state index contributed by atoms with van der Waals surface area (Å²) in [6.45, 7) is 4.11. The highest BCUT2D eigenvalue weighted by atomic mass is 16.6. The second-order valence-electron chi connectivity index (χ2n) is 13.7. The van der Waals surface area contributed by atoms with Crippen LogP contribution in [0.3, 0.4) is 0 Å². The number of aliphatic hydroxyl groups excluding tert-OH is 1. The summed E-state index contributed by atoms with van der Waals surface area (Å²) in [4.78, 5) is 24.3. The van der Waals surface area contributed by atoms with Crippen LogP contribution in [-0.2, 0) is 19.1 Å². The average molecular weight is 675 g/mol. The molecule has 0 fully saturated rings. The highest BCUT2D eigenvalue weighted by molar-refractivity contribution is 5.70. The molecule has 0 rings (SSSR count). The van der Waals surface area contributed by atoms with E-state index in [1.165, 1.54) is 122 Å². The van der Waals surface area contributed by atoms with Crippen LogP contribution in [0.2, 0.25) is 0 Å². The second-order valence-corrected chi connectivity index (χ2v) is 13.7. The number of esters is 2. The van der Waals surface area contributed by atoms with E-state index in [0.29, 0.717) is 12.8 Å². The minimum atomic E-state index is -0.775. The van der Waals surface area contributed by atoms with Crippen LogP contribution in [0.4, 0.5) is 0 Å². The summed E-state index contributed by atoms with van der Waals surface area (Å²) in [6.07, 6.45) is 47.7. The van der Waals surface area contributed by atoms with Crippen LogP contribution < -0.4 is 0 Å². The van der Waals surface area contributed by atoms with Gasteiger partial charge in [0.05, 0.1) is 6.61 Å². The first-order chi connectivity index (χ1) is 23.6. The standard InChI is InChI=1S/C43H78O5/c1-3-5-7-9-11-13-15-17-19-20-21-22-24-26-28-30-32-34-36-38-43(46)48-41(39-44)40-47-42(45)37-35-33-31-29-27-25-23-18-16-14-12-10-8-6-4-2/h11,13,17,19,21-22,41,44H,3-10,12,14-16,18,20,23-40H2,1-2H3/b13-11-,19-17-,22-21-. The van der Waals surface area contributed by atoms with E-state index in [2.05, 4.69) is 50.3 Å². The number of aliphatic hydroxyl groups is 1. The van der Waals surface area contributed by atoms with Gasteiger partial charge < -0.3 is 14.6 Å². The van der Waals surface area contributed by atoms with Crippen LogP contribution in [-0.4, -0.2) is 36.4 Å². The molecular weight excluding hydrogens is 596 g/mol. The molecule has 0 heterocycles. The summed E-state index contributed by atoms with van der Waals surface area (Å²) in [6, 6.07) is 0. The maximum atomic E-state index is 12.2. The first kappa shape index (κ1) is 46.1. The van der Waals surface area contributed by atoms with Gasteiger partial charge >= 0.3 is 11.9 Å². The maximum absolute atomic E-state index is 12.2. The summed E-state index contributed by atoms with van der Waals surface area (Å²) in [5.74, 6) is -0.599. The smallest absolute Gasteiger partial charge is 0.306 e. The zero-order valence-electron chi connectivity index (χ0n) is 31.7. The van der Waals surface area contributed by atoms with Crippen molar-refractivity contribution in [2.24, 2.45) is 0 Å². The molecular formula is C43H78O5. The number of unbranched alkanes of at least 4 members (excludes halogenated alkanes) is 23. The van der Waals surface area contributed by atoms with Crippen molar-refractivity contribution in [3.05, 3.63) is 36.5 Å². The zero-order valence-corrected chi connectivity index (χ0v) is 31.7. The third-order valence-corrected chi connectivity index (χ3v) is 8.94. The lowest BCUT2D eigenvalue weighted by molar-refractivity contribution is -0.161. The number of hydrogen-bond acceptors (Lipinski definition) is 5. The molecule has 0 bridgehead atoms. The number of allylic oxidation sites excluding steroid dienone is 6. The molecule has 5 nitrogen and oxygen atoms in total. The van der Waals surface area contributed by atoms with Crippen LogP contribution in [0.1, 0.15) is 206 Å². The fourth-order valence-corrected chi connectivity index (χ4v) is 5.80. The van der Waals surface area contributed by atoms with Gasteiger partial charge in [0.1, 0.15) is 6.61 Å². The lowest BCUT2D eigenvalue weighted by Crippen LogP contribution is -2.28. The van der Waals surface area contributed by atoms with E-state index in [1.54, 1.807) is 0 Å². The number of hydrogen-bond donors (Lipinski definition) is 1. The van der Waals surface area contributed by atoms with Crippen molar-refractivity contribution in [3.63, 3.8) is 0 Å². The van der Waals surface area contributed by atoms with Crippen LogP contribution in [0, 0.1) is 0 Å². The highest BCUT2D eigenvalue weighted by Gasteiger charge is 2.16. The van der Waals surface area contributed by atoms with Gasteiger partial charge in [-0.05, 0) is 51.4 Å². The summed E-state index contributed by atoms with van der Waals surface area (Å²) in [7, 11) is 0. The van der Waals surface area contributed by atoms with E-state index in [9.17, 15) is 14.7 Å². The van der Waals surface area contributed by atoms with Gasteiger partial charge in [0.15, 0.2) is 6.10 Å². The number of carbonyl (C=O) groups is 2. The first-order valence-corrected chi connectivity index (χ1v) is 20.5. The van der Waals surface area contributed by atoms with Crippen molar-refractivity contribution in [1.29, 1.82) is 0 Å². The van der Waals surface area contributed by atoms with Gasteiger partial charge in [0.2, 0.25) is 0 Å². The number of carbonyl (C=O) groups excluding carboxylic acids is 2. The Morgan fingerprint density at radius 1 is 0.479 bits per heavy atom. The van der Waals surface area contributed by atoms with Crippen molar-refractivity contribution in [1.82, 2.24) is 0 Å². The summed E-state index contributed by atoms with van der Waals surface area (Å²) in [5, 5.41) is 9.56. The van der Waals surface area contributed by atoms with Crippen molar-refractivity contribution < 1.29 is 24.2 Å². The van der Waals surface area contributed by atoms with Crippen molar-refractivity contribution in [3.8, 4) is 0 Å². The minimum Gasteiger partial charge on any atom is -0.462 e. The molecule has 1 unspecified atom stereocenters. The molecule has 1 N–H and O–H groups in total. The summed E-state index contributed by atoms with van der Waals surface area (Å²) >= 11 is 0.